The summed E-state index contributed by atoms with van der Waals surface area (Å²) in [5, 5.41) is 14.1. The number of hydrogen-bond acceptors (Lipinski definition) is 9. The van der Waals surface area contributed by atoms with Gasteiger partial charge in [-0.3, -0.25) is 4.98 Å². The van der Waals surface area contributed by atoms with Crippen LogP contribution in [0.1, 0.15) is 18.7 Å². The van der Waals surface area contributed by atoms with Crippen molar-refractivity contribution in [1.29, 1.82) is 0 Å². The lowest BCUT2D eigenvalue weighted by Gasteiger charge is -2.32. The van der Waals surface area contributed by atoms with Gasteiger partial charge in [-0.2, -0.15) is 28.4 Å². The molecule has 5 heterocycles. The number of aromatic nitrogens is 7. The van der Waals surface area contributed by atoms with Gasteiger partial charge in [0.1, 0.15) is 30.0 Å². The Bertz CT molecular complexity index is 1860. The van der Waals surface area contributed by atoms with Crippen LogP contribution in [0.2, 0.25) is 0 Å². The van der Waals surface area contributed by atoms with Crippen LogP contribution in [0, 0.1) is 12.0 Å². The van der Waals surface area contributed by atoms with E-state index < -0.39 is 12.0 Å². The third-order valence-electron chi connectivity index (χ3n) is 7.15. The number of ether oxygens (including phenoxy) is 2. The lowest BCUT2D eigenvalue weighted by Crippen LogP contribution is -2.38. The minimum absolute atomic E-state index is 0.0517. The lowest BCUT2D eigenvalue weighted by molar-refractivity contribution is 0.171. The van der Waals surface area contributed by atoms with E-state index >= 15 is 0 Å². The van der Waals surface area contributed by atoms with Crippen molar-refractivity contribution in [3.05, 3.63) is 96.8 Å². The summed E-state index contributed by atoms with van der Waals surface area (Å²) < 4.78 is 41.0. The first-order valence-electron chi connectivity index (χ1n) is 13.5. The van der Waals surface area contributed by atoms with Gasteiger partial charge < -0.3 is 14.4 Å². The molecule has 2 aromatic carbocycles. The van der Waals surface area contributed by atoms with Gasteiger partial charge in [0.2, 0.25) is 5.95 Å². The van der Waals surface area contributed by atoms with Crippen molar-refractivity contribution in [2.45, 2.75) is 25.6 Å². The van der Waals surface area contributed by atoms with Crippen LogP contribution in [-0.4, -0.2) is 54.0 Å². The van der Waals surface area contributed by atoms with E-state index in [0.29, 0.717) is 48.9 Å². The highest BCUT2D eigenvalue weighted by Gasteiger charge is 2.23. The van der Waals surface area contributed by atoms with Crippen molar-refractivity contribution in [2.24, 2.45) is 0 Å². The predicted molar refractivity (Wildman–Crippen MR) is 150 cm³/mol. The van der Waals surface area contributed by atoms with E-state index in [-0.39, 0.29) is 18.5 Å². The Morgan fingerprint density at radius 1 is 0.881 bits per heavy atom. The second kappa shape index (κ2) is 11.0. The molecule has 0 atom stereocenters. The Balaban J connectivity index is 1.03. The van der Waals surface area contributed by atoms with Gasteiger partial charge in [-0.1, -0.05) is 30.3 Å². The van der Waals surface area contributed by atoms with Gasteiger partial charge in [0.05, 0.1) is 11.2 Å². The molecule has 0 aliphatic carbocycles. The molecular weight excluding hydrogens is 542 g/mol. The van der Waals surface area contributed by atoms with Crippen molar-refractivity contribution >= 4 is 22.4 Å². The molecule has 42 heavy (non-hydrogen) atoms. The van der Waals surface area contributed by atoms with Gasteiger partial charge >= 0.3 is 6.08 Å². The second-order valence-electron chi connectivity index (χ2n) is 9.87. The predicted octanol–water partition coefficient (Wildman–Crippen LogP) is 5.03. The highest BCUT2D eigenvalue weighted by molar-refractivity contribution is 5.86. The van der Waals surface area contributed by atoms with Gasteiger partial charge in [0.15, 0.2) is 11.5 Å². The fourth-order valence-electron chi connectivity index (χ4n) is 5.07. The Morgan fingerprint density at radius 3 is 2.57 bits per heavy atom. The number of piperidine rings is 1. The van der Waals surface area contributed by atoms with E-state index in [1.807, 2.05) is 71.6 Å². The van der Waals surface area contributed by atoms with Crippen LogP contribution >= 0.6 is 0 Å². The Labute approximate surface area is 238 Å². The summed E-state index contributed by atoms with van der Waals surface area (Å²) >= 11 is 0. The minimum atomic E-state index is -1.07. The van der Waals surface area contributed by atoms with Crippen molar-refractivity contribution in [3.63, 3.8) is 0 Å². The zero-order valence-electron chi connectivity index (χ0n) is 22.3. The quantitative estimate of drug-likeness (QED) is 0.194. The monoisotopic (exact) mass is 566 g/mol. The zero-order valence-corrected chi connectivity index (χ0v) is 22.3. The number of fused-ring (bicyclic) bond motifs is 2. The largest absolute Gasteiger partial charge is 0.490 e. The van der Waals surface area contributed by atoms with Gasteiger partial charge in [-0.15, -0.1) is 10.2 Å². The first-order chi connectivity index (χ1) is 20.6. The third-order valence-corrected chi connectivity index (χ3v) is 7.15. The van der Waals surface area contributed by atoms with E-state index in [0.717, 1.165) is 28.2 Å². The molecule has 7 rings (SSSR count). The molecule has 0 unspecified atom stereocenters. The molecule has 0 bridgehead atoms. The first kappa shape index (κ1) is 25.7. The summed E-state index contributed by atoms with van der Waals surface area (Å²) in [5.41, 5.74) is 3.18. The molecular formula is C30H24F2N8O2. The fraction of sp³-hybridized carbons (Fsp3) is 0.200. The van der Waals surface area contributed by atoms with Crippen molar-refractivity contribution < 1.29 is 18.3 Å². The molecule has 10 nitrogen and oxygen atoms in total. The highest BCUT2D eigenvalue weighted by atomic mass is 19.1. The lowest BCUT2D eigenvalue weighted by atomic mass is 10.1. The molecule has 1 aliphatic rings. The molecule has 0 N–H and O–H groups in total. The summed E-state index contributed by atoms with van der Waals surface area (Å²) in [6, 6.07) is 22.4. The molecule has 1 aliphatic heterocycles. The SMILES string of the molecule is Fc1cc(N2CCC(Oc3ccc4c(OCc5nnc6ccc(-c7ccccc7)nn56)ccnc4c3)CC2)nc(F)n1. The Kier molecular flexibility index (Phi) is 6.70. The number of pyridine rings is 1. The number of rotatable bonds is 7. The molecule has 210 valence electrons. The summed E-state index contributed by atoms with van der Waals surface area (Å²) in [6.07, 6.45) is 1.92. The summed E-state index contributed by atoms with van der Waals surface area (Å²) in [4.78, 5) is 13.1. The van der Waals surface area contributed by atoms with Crippen molar-refractivity contribution in [1.82, 2.24) is 34.8 Å². The molecule has 12 heteroatoms. The van der Waals surface area contributed by atoms with Gasteiger partial charge in [-0.05, 0) is 30.3 Å². The molecule has 4 aromatic heterocycles. The van der Waals surface area contributed by atoms with Crippen LogP contribution < -0.4 is 14.4 Å². The number of anilines is 1. The number of benzene rings is 2. The normalized spacial score (nSPS) is 14.0. The van der Waals surface area contributed by atoms with Crippen LogP contribution in [-0.2, 0) is 6.61 Å². The molecule has 1 saturated heterocycles. The van der Waals surface area contributed by atoms with Crippen LogP contribution in [0.5, 0.6) is 11.5 Å². The van der Waals surface area contributed by atoms with Crippen LogP contribution in [0.3, 0.4) is 0 Å². The van der Waals surface area contributed by atoms with E-state index in [1.54, 1.807) is 10.7 Å². The maximum atomic E-state index is 13.5. The van der Waals surface area contributed by atoms with Crippen LogP contribution in [0.15, 0.2) is 79.0 Å². The Hall–Kier alpha value is -5.26. The zero-order chi connectivity index (χ0) is 28.5. The van der Waals surface area contributed by atoms with Crippen LogP contribution in [0.4, 0.5) is 14.6 Å². The van der Waals surface area contributed by atoms with E-state index in [2.05, 4.69) is 25.1 Å². The van der Waals surface area contributed by atoms with E-state index in [1.165, 1.54) is 0 Å². The Morgan fingerprint density at radius 2 is 1.74 bits per heavy atom. The van der Waals surface area contributed by atoms with Gasteiger partial charge in [0, 0.05) is 55.2 Å². The molecule has 0 radical (unpaired) electrons. The topological polar surface area (TPSA) is 103 Å². The van der Waals surface area contributed by atoms with Gasteiger partial charge in [0.25, 0.3) is 0 Å². The number of nitrogens with zero attached hydrogens (tertiary/aromatic N) is 8. The maximum absolute atomic E-state index is 13.5. The average molecular weight is 567 g/mol. The third kappa shape index (κ3) is 5.26. The molecule has 1 fully saturated rings. The fourth-order valence-corrected chi connectivity index (χ4v) is 5.07. The first-order valence-corrected chi connectivity index (χ1v) is 13.5. The molecule has 0 spiro atoms. The minimum Gasteiger partial charge on any atom is -0.490 e. The highest BCUT2D eigenvalue weighted by Crippen LogP contribution is 2.30. The van der Waals surface area contributed by atoms with Gasteiger partial charge in [-0.25, -0.2) is 0 Å². The number of hydrogen-bond donors (Lipinski definition) is 0. The summed E-state index contributed by atoms with van der Waals surface area (Å²) in [6.45, 7) is 1.29. The van der Waals surface area contributed by atoms with E-state index in [4.69, 9.17) is 14.6 Å². The molecule has 0 amide bonds. The summed E-state index contributed by atoms with van der Waals surface area (Å²) in [5.74, 6) is 1.27. The van der Waals surface area contributed by atoms with Crippen molar-refractivity contribution in [2.75, 3.05) is 18.0 Å². The standard InChI is InChI=1S/C30H24F2N8O2/c31-26-17-28(35-30(32)34-26)39-14-11-20(12-15-39)42-21-6-7-22-24(16-21)33-13-10-25(22)41-18-29-37-36-27-9-8-23(38-40(27)29)19-4-2-1-3-5-19/h1-10,13,16-17,20H,11-12,14-15,18H2. The molecule has 6 aromatic rings. The second-order valence-corrected chi connectivity index (χ2v) is 9.87. The number of halogens is 2. The van der Waals surface area contributed by atoms with E-state index in [9.17, 15) is 8.78 Å². The van der Waals surface area contributed by atoms with Crippen LogP contribution in [0.25, 0.3) is 27.8 Å². The average Bonchev–Trinajstić information content (AvgIpc) is 3.42. The smallest absolute Gasteiger partial charge is 0.313 e. The molecule has 0 saturated carbocycles. The maximum Gasteiger partial charge on any atom is 0.313 e. The summed E-state index contributed by atoms with van der Waals surface area (Å²) in [7, 11) is 0. The van der Waals surface area contributed by atoms with Crippen molar-refractivity contribution in [3.8, 4) is 22.8 Å².